The van der Waals surface area contributed by atoms with Crippen molar-refractivity contribution in [1.29, 1.82) is 0 Å². The van der Waals surface area contributed by atoms with Crippen LogP contribution >= 0.6 is 0 Å². The summed E-state index contributed by atoms with van der Waals surface area (Å²) < 4.78 is 10.4. The van der Waals surface area contributed by atoms with Gasteiger partial charge in [-0.3, -0.25) is 14.6 Å². The molecule has 2 fully saturated rings. The first-order valence-corrected chi connectivity index (χ1v) is 12.0. The zero-order valence-electron chi connectivity index (χ0n) is 19.3. The highest BCUT2D eigenvalue weighted by molar-refractivity contribution is 6.04. The smallest absolute Gasteiger partial charge is 0.302 e. The van der Waals surface area contributed by atoms with Gasteiger partial charge in [0.15, 0.2) is 5.76 Å². The molecule has 1 amide bonds. The highest BCUT2D eigenvalue weighted by atomic mass is 16.5. The van der Waals surface area contributed by atoms with Crippen molar-refractivity contribution in [3.05, 3.63) is 65.7 Å². The molecule has 2 saturated carbocycles. The van der Waals surface area contributed by atoms with Gasteiger partial charge in [0, 0.05) is 18.4 Å². The fourth-order valence-corrected chi connectivity index (χ4v) is 4.72. The second-order valence-corrected chi connectivity index (χ2v) is 9.41. The van der Waals surface area contributed by atoms with E-state index in [1.807, 2.05) is 12.1 Å². The van der Waals surface area contributed by atoms with Gasteiger partial charge < -0.3 is 14.6 Å². The van der Waals surface area contributed by atoms with Gasteiger partial charge in [-0.1, -0.05) is 29.4 Å². The standard InChI is InChI=1S/C27H29N3O4/c1-17(31)33-16-18-2-4-19(5-3-18)20-6-8-21(9-7-20)25-13-12-23(14-28-25)30-27(32)24-15-29-34-26(24)22-10-11-22/h6-9,12-15,18-19,22H,2-5,10-11,16H2,1H3,(H,30,32). The lowest BCUT2D eigenvalue weighted by atomic mass is 9.79. The van der Waals surface area contributed by atoms with E-state index in [2.05, 4.69) is 39.7 Å². The third-order valence-corrected chi connectivity index (χ3v) is 6.86. The molecule has 1 N–H and O–H groups in total. The molecule has 2 aliphatic rings. The molecule has 0 atom stereocenters. The van der Waals surface area contributed by atoms with Gasteiger partial charge in [-0.15, -0.1) is 0 Å². The molecule has 0 aliphatic heterocycles. The molecule has 2 aromatic heterocycles. The maximum Gasteiger partial charge on any atom is 0.302 e. The Balaban J connectivity index is 1.17. The van der Waals surface area contributed by atoms with E-state index in [-0.39, 0.29) is 11.9 Å². The lowest BCUT2D eigenvalue weighted by molar-refractivity contribution is -0.142. The number of rotatable bonds is 7. The maximum absolute atomic E-state index is 12.6. The van der Waals surface area contributed by atoms with Gasteiger partial charge in [0.25, 0.3) is 5.91 Å². The van der Waals surface area contributed by atoms with Crippen molar-refractivity contribution < 1.29 is 18.8 Å². The zero-order valence-corrected chi connectivity index (χ0v) is 19.3. The van der Waals surface area contributed by atoms with Crippen molar-refractivity contribution in [1.82, 2.24) is 10.1 Å². The van der Waals surface area contributed by atoms with Crippen LogP contribution in [0.5, 0.6) is 0 Å². The van der Waals surface area contributed by atoms with Gasteiger partial charge in [-0.05, 0) is 68.1 Å². The van der Waals surface area contributed by atoms with E-state index >= 15 is 0 Å². The van der Waals surface area contributed by atoms with E-state index in [4.69, 9.17) is 9.26 Å². The summed E-state index contributed by atoms with van der Waals surface area (Å²) in [4.78, 5) is 28.2. The first kappa shape index (κ1) is 22.3. The fraction of sp³-hybridized carbons (Fsp3) is 0.407. The van der Waals surface area contributed by atoms with E-state index in [0.717, 1.165) is 49.8 Å². The average Bonchev–Trinajstić information content (AvgIpc) is 3.59. The number of carbonyl (C=O) groups is 2. The number of aromatic nitrogens is 2. The number of esters is 1. The number of hydrogen-bond acceptors (Lipinski definition) is 6. The first-order chi connectivity index (χ1) is 16.6. The predicted molar refractivity (Wildman–Crippen MR) is 127 cm³/mol. The first-order valence-electron chi connectivity index (χ1n) is 12.0. The largest absolute Gasteiger partial charge is 0.466 e. The molecule has 0 unspecified atom stereocenters. The summed E-state index contributed by atoms with van der Waals surface area (Å²) in [5.41, 5.74) is 4.39. The highest BCUT2D eigenvalue weighted by Gasteiger charge is 2.32. The highest BCUT2D eigenvalue weighted by Crippen LogP contribution is 2.41. The van der Waals surface area contributed by atoms with Crippen molar-refractivity contribution in [3.8, 4) is 11.3 Å². The van der Waals surface area contributed by atoms with Gasteiger partial charge in [-0.25, -0.2) is 0 Å². The van der Waals surface area contributed by atoms with Crippen LogP contribution in [0.1, 0.15) is 79.0 Å². The van der Waals surface area contributed by atoms with Crippen molar-refractivity contribution in [2.24, 2.45) is 5.92 Å². The molecule has 7 nitrogen and oxygen atoms in total. The lowest BCUT2D eigenvalue weighted by Crippen LogP contribution is -2.19. The number of ether oxygens (including phenoxy) is 1. The number of pyridine rings is 1. The summed E-state index contributed by atoms with van der Waals surface area (Å²) in [7, 11) is 0. The van der Waals surface area contributed by atoms with Crippen LogP contribution in [0, 0.1) is 5.92 Å². The Morgan fingerprint density at radius 3 is 2.35 bits per heavy atom. The van der Waals surface area contributed by atoms with E-state index in [0.29, 0.717) is 41.4 Å². The van der Waals surface area contributed by atoms with Gasteiger partial charge in [0.1, 0.15) is 5.56 Å². The predicted octanol–water partition coefficient (Wildman–Crippen LogP) is 5.70. The molecule has 1 aromatic carbocycles. The summed E-state index contributed by atoms with van der Waals surface area (Å²) in [6.45, 7) is 2.01. The Bertz CT molecular complexity index is 1140. The minimum atomic E-state index is -0.218. The minimum absolute atomic E-state index is 0.195. The number of carbonyl (C=O) groups excluding carboxylic acids is 2. The molecule has 5 rings (SSSR count). The molecule has 3 aromatic rings. The van der Waals surface area contributed by atoms with E-state index < -0.39 is 0 Å². The Hall–Kier alpha value is -3.48. The van der Waals surface area contributed by atoms with Crippen LogP contribution in [-0.2, 0) is 9.53 Å². The Morgan fingerprint density at radius 2 is 1.71 bits per heavy atom. The minimum Gasteiger partial charge on any atom is -0.466 e. The number of amides is 1. The topological polar surface area (TPSA) is 94.3 Å². The summed E-state index contributed by atoms with van der Waals surface area (Å²) in [6, 6.07) is 12.4. The monoisotopic (exact) mass is 459 g/mol. The van der Waals surface area contributed by atoms with Crippen LogP contribution in [-0.4, -0.2) is 28.6 Å². The Kier molecular flexibility index (Phi) is 6.43. The summed E-state index contributed by atoms with van der Waals surface area (Å²) in [6.07, 6.45) is 9.66. The van der Waals surface area contributed by atoms with Gasteiger partial charge in [0.2, 0.25) is 0 Å². The van der Waals surface area contributed by atoms with Crippen LogP contribution in [0.2, 0.25) is 0 Å². The summed E-state index contributed by atoms with van der Waals surface area (Å²) in [5.74, 6) is 1.62. The molecule has 2 heterocycles. The lowest BCUT2D eigenvalue weighted by Gasteiger charge is -2.28. The maximum atomic E-state index is 12.6. The van der Waals surface area contributed by atoms with Crippen LogP contribution < -0.4 is 5.32 Å². The average molecular weight is 460 g/mol. The number of nitrogens with zero attached hydrogens (tertiary/aromatic N) is 2. The number of anilines is 1. The quantitative estimate of drug-likeness (QED) is 0.455. The van der Waals surface area contributed by atoms with Crippen LogP contribution in [0.3, 0.4) is 0 Å². The Labute approximate surface area is 198 Å². The molecule has 0 saturated heterocycles. The number of nitrogens with one attached hydrogen (secondary N) is 1. The van der Waals surface area contributed by atoms with Gasteiger partial charge in [0.05, 0.1) is 30.4 Å². The second-order valence-electron chi connectivity index (χ2n) is 9.41. The van der Waals surface area contributed by atoms with Gasteiger partial charge in [-0.2, -0.15) is 0 Å². The molecule has 34 heavy (non-hydrogen) atoms. The van der Waals surface area contributed by atoms with Crippen molar-refractivity contribution in [3.63, 3.8) is 0 Å². The molecular formula is C27H29N3O4. The molecule has 176 valence electrons. The number of benzene rings is 1. The van der Waals surface area contributed by atoms with Crippen molar-refractivity contribution >= 4 is 17.6 Å². The molecule has 0 spiro atoms. The van der Waals surface area contributed by atoms with Crippen molar-refractivity contribution in [2.75, 3.05) is 11.9 Å². The fourth-order valence-electron chi connectivity index (χ4n) is 4.72. The van der Waals surface area contributed by atoms with E-state index in [9.17, 15) is 9.59 Å². The Morgan fingerprint density at radius 1 is 0.971 bits per heavy atom. The molecule has 0 bridgehead atoms. The molecule has 0 radical (unpaired) electrons. The van der Waals surface area contributed by atoms with E-state index in [1.54, 1.807) is 6.20 Å². The number of hydrogen-bond donors (Lipinski definition) is 1. The van der Waals surface area contributed by atoms with Crippen molar-refractivity contribution in [2.45, 2.75) is 57.3 Å². The summed E-state index contributed by atoms with van der Waals surface area (Å²) >= 11 is 0. The third-order valence-electron chi connectivity index (χ3n) is 6.86. The molecular weight excluding hydrogens is 430 g/mol. The van der Waals surface area contributed by atoms with Crippen LogP contribution in [0.25, 0.3) is 11.3 Å². The van der Waals surface area contributed by atoms with Crippen LogP contribution in [0.15, 0.2) is 53.3 Å². The van der Waals surface area contributed by atoms with Crippen LogP contribution in [0.4, 0.5) is 5.69 Å². The molecule has 2 aliphatic carbocycles. The molecule has 7 heteroatoms. The second kappa shape index (κ2) is 9.79. The normalized spacial score (nSPS) is 20.0. The zero-order chi connectivity index (χ0) is 23.5. The SMILES string of the molecule is CC(=O)OCC1CCC(c2ccc(-c3ccc(NC(=O)c4cnoc4C4CC4)cn3)cc2)CC1. The van der Waals surface area contributed by atoms with Gasteiger partial charge >= 0.3 is 5.97 Å². The third kappa shape index (κ3) is 5.19. The summed E-state index contributed by atoms with van der Waals surface area (Å²) in [5, 5.41) is 6.68. The van der Waals surface area contributed by atoms with E-state index in [1.165, 1.54) is 18.7 Å².